The Morgan fingerprint density at radius 2 is 1.92 bits per heavy atom. The van der Waals surface area contributed by atoms with Crippen LogP contribution in [0.5, 0.6) is 5.88 Å². The van der Waals surface area contributed by atoms with Gasteiger partial charge in [0.15, 0.2) is 5.69 Å². The van der Waals surface area contributed by atoms with Gasteiger partial charge in [-0.2, -0.15) is 0 Å². The number of rotatable bonds is 6. The number of para-hydroxylation sites is 1. The van der Waals surface area contributed by atoms with E-state index < -0.39 is 5.91 Å². The van der Waals surface area contributed by atoms with E-state index in [1.165, 1.54) is 0 Å². The maximum atomic E-state index is 12.3. The van der Waals surface area contributed by atoms with Crippen LogP contribution in [0, 0.1) is 0 Å². The number of hydrogen-bond acceptors (Lipinski definition) is 4. The van der Waals surface area contributed by atoms with Crippen LogP contribution in [0.3, 0.4) is 0 Å². The van der Waals surface area contributed by atoms with Gasteiger partial charge in [0.25, 0.3) is 5.91 Å². The third kappa shape index (κ3) is 3.68. The molecule has 0 fully saturated rings. The highest BCUT2D eigenvalue weighted by Gasteiger charge is 2.17. The molecular formula is C19H18BrN3O3. The number of nitrogens with zero attached hydrogens (tertiary/aromatic N) is 3. The van der Waals surface area contributed by atoms with E-state index in [0.717, 1.165) is 10.9 Å². The molecule has 1 aromatic heterocycles. The highest BCUT2D eigenvalue weighted by atomic mass is 79.9. The van der Waals surface area contributed by atoms with Gasteiger partial charge < -0.3 is 14.4 Å². The SMILES string of the molecule is CCOCCn1c(O)c(N=NC(=O)c2ccccc2Br)c2ccccc21. The molecule has 0 aliphatic rings. The molecule has 0 saturated heterocycles. The summed E-state index contributed by atoms with van der Waals surface area (Å²) in [4.78, 5) is 12.3. The van der Waals surface area contributed by atoms with E-state index in [2.05, 4.69) is 26.2 Å². The van der Waals surface area contributed by atoms with Gasteiger partial charge in [-0.05, 0) is 41.1 Å². The Morgan fingerprint density at radius 3 is 2.69 bits per heavy atom. The fourth-order valence-electron chi connectivity index (χ4n) is 2.68. The van der Waals surface area contributed by atoms with Gasteiger partial charge in [-0.15, -0.1) is 10.2 Å². The maximum absolute atomic E-state index is 12.3. The van der Waals surface area contributed by atoms with Crippen molar-refractivity contribution in [3.05, 3.63) is 58.6 Å². The molecule has 134 valence electrons. The lowest BCUT2D eigenvalue weighted by molar-refractivity contribution is 0.0994. The first-order valence-corrected chi connectivity index (χ1v) is 9.01. The van der Waals surface area contributed by atoms with E-state index in [0.29, 0.717) is 29.8 Å². The molecule has 6 nitrogen and oxygen atoms in total. The molecule has 2 aromatic carbocycles. The van der Waals surface area contributed by atoms with Gasteiger partial charge >= 0.3 is 0 Å². The van der Waals surface area contributed by atoms with Crippen molar-refractivity contribution in [3.8, 4) is 5.88 Å². The van der Waals surface area contributed by atoms with Crippen molar-refractivity contribution in [3.63, 3.8) is 0 Å². The van der Waals surface area contributed by atoms with E-state index in [9.17, 15) is 9.90 Å². The minimum Gasteiger partial charge on any atom is -0.493 e. The Labute approximate surface area is 159 Å². The fraction of sp³-hybridized carbons (Fsp3) is 0.211. The number of amides is 1. The molecule has 0 atom stereocenters. The molecule has 0 saturated carbocycles. The molecule has 0 radical (unpaired) electrons. The van der Waals surface area contributed by atoms with E-state index in [1.54, 1.807) is 22.8 Å². The number of azo groups is 1. The molecule has 0 aliphatic carbocycles. The Hall–Kier alpha value is -2.51. The zero-order valence-electron chi connectivity index (χ0n) is 14.2. The molecule has 0 bridgehead atoms. The number of carbonyl (C=O) groups excluding carboxylic acids is 1. The molecule has 26 heavy (non-hydrogen) atoms. The number of carbonyl (C=O) groups is 1. The second-order valence-corrected chi connectivity index (χ2v) is 6.38. The predicted molar refractivity (Wildman–Crippen MR) is 103 cm³/mol. The summed E-state index contributed by atoms with van der Waals surface area (Å²) in [7, 11) is 0. The molecule has 3 rings (SSSR count). The Bertz CT molecular complexity index is 966. The molecule has 0 unspecified atom stereocenters. The second kappa shape index (κ2) is 8.25. The smallest absolute Gasteiger partial charge is 0.296 e. The quantitative estimate of drug-likeness (QED) is 0.450. The largest absolute Gasteiger partial charge is 0.493 e. The predicted octanol–water partition coefficient (Wildman–Crippen LogP) is 5.07. The van der Waals surface area contributed by atoms with E-state index in [4.69, 9.17) is 4.74 Å². The van der Waals surface area contributed by atoms with Gasteiger partial charge in [0.1, 0.15) is 0 Å². The van der Waals surface area contributed by atoms with Crippen molar-refractivity contribution >= 4 is 38.4 Å². The monoisotopic (exact) mass is 415 g/mol. The summed E-state index contributed by atoms with van der Waals surface area (Å²) in [6.45, 7) is 3.47. The van der Waals surface area contributed by atoms with Crippen molar-refractivity contribution < 1.29 is 14.6 Å². The number of hydrogen-bond donors (Lipinski definition) is 1. The molecule has 1 amide bonds. The number of fused-ring (bicyclic) bond motifs is 1. The van der Waals surface area contributed by atoms with Crippen LogP contribution in [-0.4, -0.2) is 28.8 Å². The summed E-state index contributed by atoms with van der Waals surface area (Å²) in [5.74, 6) is -0.516. The summed E-state index contributed by atoms with van der Waals surface area (Å²) in [5.41, 5.74) is 1.50. The van der Waals surface area contributed by atoms with E-state index in [-0.39, 0.29) is 11.6 Å². The zero-order valence-corrected chi connectivity index (χ0v) is 15.8. The topological polar surface area (TPSA) is 76.2 Å². The Balaban J connectivity index is 1.96. The summed E-state index contributed by atoms with van der Waals surface area (Å²) in [6.07, 6.45) is 0. The van der Waals surface area contributed by atoms with Crippen LogP contribution in [-0.2, 0) is 11.3 Å². The summed E-state index contributed by atoms with van der Waals surface area (Å²) in [6, 6.07) is 14.4. The third-order valence-corrected chi connectivity index (χ3v) is 4.62. The van der Waals surface area contributed by atoms with Gasteiger partial charge in [-0.25, -0.2) is 0 Å². The zero-order chi connectivity index (χ0) is 18.5. The molecule has 1 heterocycles. The van der Waals surface area contributed by atoms with Crippen LogP contribution in [0.25, 0.3) is 10.9 Å². The molecular weight excluding hydrogens is 398 g/mol. The minimum atomic E-state index is -0.483. The Kier molecular flexibility index (Phi) is 5.80. The normalized spacial score (nSPS) is 11.5. The lowest BCUT2D eigenvalue weighted by Gasteiger charge is -2.06. The fourth-order valence-corrected chi connectivity index (χ4v) is 3.14. The lowest BCUT2D eigenvalue weighted by Crippen LogP contribution is -2.05. The number of benzene rings is 2. The van der Waals surface area contributed by atoms with Crippen LogP contribution >= 0.6 is 15.9 Å². The first kappa shape index (κ1) is 18.3. The van der Waals surface area contributed by atoms with E-state index in [1.807, 2.05) is 37.3 Å². The van der Waals surface area contributed by atoms with Crippen LogP contribution in [0.2, 0.25) is 0 Å². The molecule has 0 aliphatic heterocycles. The standard InChI is InChI=1S/C19H18BrN3O3/c1-2-26-12-11-23-16-10-6-4-8-14(16)17(19(23)25)21-22-18(24)13-7-3-5-9-15(13)20/h3-10,25H,2,11-12H2,1H3. The maximum Gasteiger partial charge on any atom is 0.296 e. The van der Waals surface area contributed by atoms with Gasteiger partial charge in [-0.3, -0.25) is 4.79 Å². The average molecular weight is 416 g/mol. The highest BCUT2D eigenvalue weighted by Crippen LogP contribution is 2.38. The highest BCUT2D eigenvalue weighted by molar-refractivity contribution is 9.10. The van der Waals surface area contributed by atoms with Gasteiger partial charge in [0, 0.05) is 23.0 Å². The van der Waals surface area contributed by atoms with Crippen LogP contribution in [0.15, 0.2) is 63.2 Å². The number of halogens is 1. The lowest BCUT2D eigenvalue weighted by atomic mass is 10.2. The molecule has 1 N–H and O–H groups in total. The average Bonchev–Trinajstić information content (AvgIpc) is 2.92. The van der Waals surface area contributed by atoms with Gasteiger partial charge in [-0.1, -0.05) is 30.3 Å². The first-order chi connectivity index (χ1) is 12.6. The summed E-state index contributed by atoms with van der Waals surface area (Å²) < 4.78 is 7.73. The van der Waals surface area contributed by atoms with Crippen molar-refractivity contribution in [2.24, 2.45) is 10.2 Å². The third-order valence-electron chi connectivity index (χ3n) is 3.93. The van der Waals surface area contributed by atoms with Crippen LogP contribution < -0.4 is 0 Å². The molecule has 7 heteroatoms. The second-order valence-electron chi connectivity index (χ2n) is 5.52. The van der Waals surface area contributed by atoms with Crippen molar-refractivity contribution in [2.45, 2.75) is 13.5 Å². The summed E-state index contributed by atoms with van der Waals surface area (Å²) >= 11 is 3.33. The number of aromatic nitrogens is 1. The number of ether oxygens (including phenoxy) is 1. The van der Waals surface area contributed by atoms with Crippen LogP contribution in [0.4, 0.5) is 5.69 Å². The van der Waals surface area contributed by atoms with Crippen molar-refractivity contribution in [1.82, 2.24) is 4.57 Å². The summed E-state index contributed by atoms with van der Waals surface area (Å²) in [5, 5.41) is 19.2. The van der Waals surface area contributed by atoms with Crippen LogP contribution in [0.1, 0.15) is 17.3 Å². The number of aromatic hydroxyl groups is 1. The molecule has 3 aromatic rings. The first-order valence-electron chi connectivity index (χ1n) is 8.22. The van der Waals surface area contributed by atoms with Crippen molar-refractivity contribution in [2.75, 3.05) is 13.2 Å². The molecule has 0 spiro atoms. The van der Waals surface area contributed by atoms with E-state index >= 15 is 0 Å². The van der Waals surface area contributed by atoms with Crippen molar-refractivity contribution in [1.29, 1.82) is 0 Å². The van der Waals surface area contributed by atoms with Gasteiger partial charge in [0.05, 0.1) is 17.7 Å². The Morgan fingerprint density at radius 1 is 1.19 bits per heavy atom. The minimum absolute atomic E-state index is 0.0328. The van der Waals surface area contributed by atoms with Gasteiger partial charge in [0.2, 0.25) is 5.88 Å².